The normalized spacial score (nSPS) is 15.5. The van der Waals surface area contributed by atoms with Crippen molar-refractivity contribution >= 4 is 34.2 Å². The summed E-state index contributed by atoms with van der Waals surface area (Å²) >= 11 is 5.94. The molecule has 0 atom stereocenters. The van der Waals surface area contributed by atoms with Crippen LogP contribution in [-0.4, -0.2) is 54.4 Å². The van der Waals surface area contributed by atoms with Crippen molar-refractivity contribution in [2.45, 2.75) is 25.0 Å². The van der Waals surface area contributed by atoms with Crippen LogP contribution in [0.15, 0.2) is 59.5 Å². The van der Waals surface area contributed by atoms with Crippen LogP contribution >= 0.6 is 11.6 Å². The molecule has 1 aliphatic rings. The number of benzene rings is 2. The minimum absolute atomic E-state index is 0.0509. The van der Waals surface area contributed by atoms with Gasteiger partial charge in [-0.05, 0) is 31.0 Å². The number of hydrogen-bond donors (Lipinski definition) is 3. The van der Waals surface area contributed by atoms with Gasteiger partial charge in [0.15, 0.2) is 5.65 Å². The number of rotatable bonds is 4. The van der Waals surface area contributed by atoms with Crippen LogP contribution in [0.25, 0.3) is 22.4 Å². The maximum Gasteiger partial charge on any atom is 0.265 e. The molecule has 10 heteroatoms. The van der Waals surface area contributed by atoms with Gasteiger partial charge in [0.05, 0.1) is 23.9 Å². The SMILES string of the molecule is Nc1cc(Cl)ccc1C(=O)N1CCC(O)(Cn2c(-c3ccccc3)nc3[nH]ncc3c2=O)CC1. The number of hydrogen-bond acceptors (Lipinski definition) is 6. The Hall–Kier alpha value is -3.69. The average Bonchev–Trinajstić information content (AvgIpc) is 3.30. The molecule has 5 rings (SSSR count). The Bertz CT molecular complexity index is 1420. The number of aliphatic hydroxyl groups is 1. The number of aromatic amines is 1. The standard InChI is InChI=1S/C24H23ClN6O3/c25-16-6-7-17(19(26)12-16)22(32)30-10-8-24(34,9-11-30)14-31-21(15-4-2-1-3-5-15)28-20-18(23(31)33)13-27-29-20/h1-7,12-13,34H,8-11,14,26H2,(H,27,29). The molecule has 2 aromatic carbocycles. The number of fused-ring (bicyclic) bond motifs is 1. The van der Waals surface area contributed by atoms with E-state index < -0.39 is 5.60 Å². The molecule has 34 heavy (non-hydrogen) atoms. The lowest BCUT2D eigenvalue weighted by molar-refractivity contribution is -0.0295. The van der Waals surface area contributed by atoms with Crippen LogP contribution in [-0.2, 0) is 6.54 Å². The van der Waals surface area contributed by atoms with E-state index in [2.05, 4.69) is 15.2 Å². The zero-order chi connectivity index (χ0) is 23.9. The second kappa shape index (κ2) is 8.58. The predicted molar refractivity (Wildman–Crippen MR) is 130 cm³/mol. The van der Waals surface area contributed by atoms with Gasteiger partial charge in [-0.25, -0.2) is 4.98 Å². The molecule has 0 spiro atoms. The summed E-state index contributed by atoms with van der Waals surface area (Å²) in [6.45, 7) is 0.706. The van der Waals surface area contributed by atoms with E-state index in [9.17, 15) is 14.7 Å². The summed E-state index contributed by atoms with van der Waals surface area (Å²) in [4.78, 5) is 32.5. The van der Waals surface area contributed by atoms with E-state index in [0.29, 0.717) is 59.1 Å². The van der Waals surface area contributed by atoms with E-state index in [-0.39, 0.29) is 18.0 Å². The monoisotopic (exact) mass is 478 g/mol. The largest absolute Gasteiger partial charge is 0.398 e. The Morgan fingerprint density at radius 2 is 1.91 bits per heavy atom. The second-order valence-corrected chi connectivity index (χ2v) is 9.01. The first-order valence-electron chi connectivity index (χ1n) is 10.9. The predicted octanol–water partition coefficient (Wildman–Crippen LogP) is 2.69. The number of nitrogens with one attached hydrogen (secondary N) is 1. The fraction of sp³-hybridized carbons (Fsp3) is 0.250. The summed E-state index contributed by atoms with van der Waals surface area (Å²) in [6, 6.07) is 14.1. The van der Waals surface area contributed by atoms with Crippen LogP contribution in [0.1, 0.15) is 23.2 Å². The third-order valence-electron chi connectivity index (χ3n) is 6.28. The number of anilines is 1. The Kier molecular flexibility index (Phi) is 5.59. The van der Waals surface area contributed by atoms with E-state index in [0.717, 1.165) is 5.56 Å². The molecule has 0 unspecified atom stereocenters. The van der Waals surface area contributed by atoms with Crippen molar-refractivity contribution in [3.05, 3.63) is 75.7 Å². The van der Waals surface area contributed by atoms with Crippen molar-refractivity contribution in [2.24, 2.45) is 0 Å². The molecule has 0 aliphatic carbocycles. The molecule has 0 bridgehead atoms. The van der Waals surface area contributed by atoms with Gasteiger partial charge in [-0.3, -0.25) is 19.3 Å². The zero-order valence-corrected chi connectivity index (χ0v) is 19.0. The molecular weight excluding hydrogens is 456 g/mol. The summed E-state index contributed by atoms with van der Waals surface area (Å²) in [5.41, 5.74) is 6.36. The molecule has 0 saturated carbocycles. The molecule has 1 aliphatic heterocycles. The van der Waals surface area contributed by atoms with Gasteiger partial charge in [0.25, 0.3) is 11.5 Å². The first-order valence-corrected chi connectivity index (χ1v) is 11.3. The van der Waals surface area contributed by atoms with Crippen molar-refractivity contribution in [3.63, 3.8) is 0 Å². The van der Waals surface area contributed by atoms with E-state index in [1.54, 1.807) is 23.1 Å². The molecule has 174 valence electrons. The molecule has 0 radical (unpaired) electrons. The number of nitrogens with zero attached hydrogens (tertiary/aromatic N) is 4. The number of likely N-dealkylation sites (tertiary alicyclic amines) is 1. The lowest BCUT2D eigenvalue weighted by Crippen LogP contribution is -2.50. The van der Waals surface area contributed by atoms with Crippen molar-refractivity contribution < 1.29 is 9.90 Å². The topological polar surface area (TPSA) is 130 Å². The third kappa shape index (κ3) is 4.04. The summed E-state index contributed by atoms with van der Waals surface area (Å²) in [5, 5.41) is 18.9. The van der Waals surface area contributed by atoms with Crippen molar-refractivity contribution in [2.75, 3.05) is 18.8 Å². The number of piperidine rings is 1. The van der Waals surface area contributed by atoms with Crippen molar-refractivity contribution in [1.29, 1.82) is 0 Å². The highest BCUT2D eigenvalue weighted by atomic mass is 35.5. The van der Waals surface area contributed by atoms with Gasteiger partial charge in [-0.1, -0.05) is 41.9 Å². The minimum atomic E-state index is -1.19. The first-order chi connectivity index (χ1) is 16.3. The van der Waals surface area contributed by atoms with Crippen LogP contribution in [0.2, 0.25) is 5.02 Å². The van der Waals surface area contributed by atoms with Gasteiger partial charge < -0.3 is 15.7 Å². The number of carbonyl (C=O) groups is 1. The molecule has 9 nitrogen and oxygen atoms in total. The number of H-pyrrole nitrogens is 1. The van der Waals surface area contributed by atoms with E-state index in [1.165, 1.54) is 10.8 Å². The molecule has 1 amide bonds. The highest BCUT2D eigenvalue weighted by Gasteiger charge is 2.36. The number of amides is 1. The highest BCUT2D eigenvalue weighted by molar-refractivity contribution is 6.31. The molecule has 4 aromatic rings. The average molecular weight is 479 g/mol. The first kappa shape index (κ1) is 22.1. The molecule has 2 aromatic heterocycles. The number of carbonyl (C=O) groups excluding carboxylic acids is 1. The third-order valence-corrected chi connectivity index (χ3v) is 6.51. The quantitative estimate of drug-likeness (QED) is 0.386. The van der Waals surface area contributed by atoms with E-state index >= 15 is 0 Å². The Morgan fingerprint density at radius 1 is 1.18 bits per heavy atom. The number of halogens is 1. The van der Waals surface area contributed by atoms with Gasteiger partial charge >= 0.3 is 0 Å². The van der Waals surface area contributed by atoms with Crippen LogP contribution in [0.5, 0.6) is 0 Å². The van der Waals surface area contributed by atoms with Gasteiger partial charge in [0.2, 0.25) is 0 Å². The Morgan fingerprint density at radius 3 is 2.62 bits per heavy atom. The molecule has 1 saturated heterocycles. The molecule has 3 heterocycles. The van der Waals surface area contributed by atoms with Crippen LogP contribution in [0, 0.1) is 0 Å². The fourth-order valence-electron chi connectivity index (χ4n) is 4.36. The number of nitrogens with two attached hydrogens (primary N) is 1. The summed E-state index contributed by atoms with van der Waals surface area (Å²) in [7, 11) is 0. The smallest absolute Gasteiger partial charge is 0.265 e. The maximum atomic E-state index is 13.3. The van der Waals surface area contributed by atoms with Gasteiger partial charge in [0, 0.05) is 29.4 Å². The van der Waals surface area contributed by atoms with Gasteiger partial charge in [-0.2, -0.15) is 5.10 Å². The lowest BCUT2D eigenvalue weighted by atomic mass is 9.90. The van der Waals surface area contributed by atoms with Crippen molar-refractivity contribution in [3.8, 4) is 11.4 Å². The zero-order valence-electron chi connectivity index (χ0n) is 18.2. The van der Waals surface area contributed by atoms with Crippen LogP contribution in [0.4, 0.5) is 5.69 Å². The minimum Gasteiger partial charge on any atom is -0.398 e. The fourth-order valence-corrected chi connectivity index (χ4v) is 4.54. The van der Waals surface area contributed by atoms with Crippen LogP contribution in [0.3, 0.4) is 0 Å². The Balaban J connectivity index is 1.41. The summed E-state index contributed by atoms with van der Waals surface area (Å²) in [5.74, 6) is 0.239. The van der Waals surface area contributed by atoms with Crippen molar-refractivity contribution in [1.82, 2.24) is 24.6 Å². The van der Waals surface area contributed by atoms with Gasteiger partial charge in [0.1, 0.15) is 11.2 Å². The van der Waals surface area contributed by atoms with Gasteiger partial charge in [-0.15, -0.1) is 0 Å². The summed E-state index contributed by atoms with van der Waals surface area (Å²) in [6.07, 6.45) is 2.05. The number of aromatic nitrogens is 4. The van der Waals surface area contributed by atoms with Crippen LogP contribution < -0.4 is 11.3 Å². The Labute approximate surface area is 199 Å². The highest BCUT2D eigenvalue weighted by Crippen LogP contribution is 2.28. The van der Waals surface area contributed by atoms with E-state index in [4.69, 9.17) is 17.3 Å². The molecule has 1 fully saturated rings. The molecule has 4 N–H and O–H groups in total. The molecular formula is C24H23ClN6O3. The number of nitrogen functional groups attached to an aromatic ring is 1. The summed E-state index contributed by atoms with van der Waals surface area (Å²) < 4.78 is 1.50. The maximum absolute atomic E-state index is 13.3. The second-order valence-electron chi connectivity index (χ2n) is 8.57. The van der Waals surface area contributed by atoms with E-state index in [1.807, 2.05) is 30.3 Å². The lowest BCUT2D eigenvalue weighted by Gasteiger charge is -2.38.